The van der Waals surface area contributed by atoms with Gasteiger partial charge in [0.25, 0.3) is 0 Å². The van der Waals surface area contributed by atoms with E-state index in [9.17, 15) is 4.79 Å². The van der Waals surface area contributed by atoms with E-state index in [-0.39, 0.29) is 47.4 Å². The van der Waals surface area contributed by atoms with Crippen molar-refractivity contribution in [2.24, 2.45) is 17.8 Å². The lowest BCUT2D eigenvalue weighted by atomic mass is 9.68. The van der Waals surface area contributed by atoms with Crippen molar-refractivity contribution in [3.63, 3.8) is 0 Å². The molecule has 5 rings (SSSR count). The van der Waals surface area contributed by atoms with E-state index in [2.05, 4.69) is 69.3 Å². The molecule has 1 N–H and O–H groups in total. The normalized spacial score (nSPS) is 36.7. The highest BCUT2D eigenvalue weighted by Gasteiger charge is 2.72. The number of carbonyl (C=O) groups excluding carboxylic acids is 1. The summed E-state index contributed by atoms with van der Waals surface area (Å²) in [6.07, 6.45) is 8.83. The number of hydrogen-bond acceptors (Lipinski definition) is 7. The van der Waals surface area contributed by atoms with Crippen LogP contribution in [-0.2, 0) is 25.5 Å². The number of rotatable bonds is 10. The molecule has 3 aliphatic heterocycles. The monoisotopic (exact) mass is 544 g/mol. The number of alkyl carbamates (subject to hydrolysis) is 1. The Morgan fingerprint density at radius 2 is 2.10 bits per heavy atom. The van der Waals surface area contributed by atoms with Gasteiger partial charge in [0.15, 0.2) is 0 Å². The molecule has 0 bridgehead atoms. The van der Waals surface area contributed by atoms with Crippen LogP contribution in [0.1, 0.15) is 71.9 Å². The van der Waals surface area contributed by atoms with Gasteiger partial charge in [-0.1, -0.05) is 25.5 Å². The summed E-state index contributed by atoms with van der Waals surface area (Å²) >= 11 is 0. The predicted octanol–water partition coefficient (Wildman–Crippen LogP) is 4.33. The van der Waals surface area contributed by atoms with Gasteiger partial charge >= 0.3 is 6.09 Å². The van der Waals surface area contributed by atoms with Gasteiger partial charge in [0.2, 0.25) is 0 Å². The second-order valence-electron chi connectivity index (χ2n) is 13.1. The largest absolute Gasteiger partial charge is 0.443 e. The lowest BCUT2D eigenvalue weighted by molar-refractivity contribution is -0.118. The van der Waals surface area contributed by atoms with Crippen LogP contribution in [0, 0.1) is 17.8 Å². The highest BCUT2D eigenvalue weighted by Crippen LogP contribution is 2.59. The van der Waals surface area contributed by atoms with Gasteiger partial charge in [-0.3, -0.25) is 4.68 Å². The predicted molar refractivity (Wildman–Crippen MR) is 148 cm³/mol. The molecule has 4 aliphatic rings. The van der Waals surface area contributed by atoms with Gasteiger partial charge in [-0.2, -0.15) is 5.10 Å². The van der Waals surface area contributed by atoms with Crippen molar-refractivity contribution in [1.29, 1.82) is 0 Å². The molecule has 218 valence electrons. The fourth-order valence-electron chi connectivity index (χ4n) is 7.08. The van der Waals surface area contributed by atoms with Crippen LogP contribution < -0.4 is 5.32 Å². The Morgan fingerprint density at radius 1 is 1.33 bits per heavy atom. The number of ether oxygens (including phenoxy) is 4. The molecule has 1 amide bonds. The minimum atomic E-state index is -0.416. The van der Waals surface area contributed by atoms with Crippen LogP contribution in [0.15, 0.2) is 24.0 Å². The maximum absolute atomic E-state index is 13.3. The molecule has 1 saturated carbocycles. The van der Waals surface area contributed by atoms with Crippen LogP contribution in [0.25, 0.3) is 0 Å². The van der Waals surface area contributed by atoms with Crippen molar-refractivity contribution in [2.75, 3.05) is 33.9 Å². The van der Waals surface area contributed by atoms with Gasteiger partial charge in [-0.05, 0) is 71.9 Å². The maximum Gasteiger partial charge on any atom is 0.407 e. The number of allylic oxidation sites excluding steroid dienone is 1. The fraction of sp³-hybridized carbons (Fsp3) is 0.800. The van der Waals surface area contributed by atoms with Crippen LogP contribution >= 0.6 is 0 Å². The smallest absolute Gasteiger partial charge is 0.407 e. The highest BCUT2D eigenvalue weighted by molar-refractivity contribution is 5.68. The van der Waals surface area contributed by atoms with Crippen molar-refractivity contribution >= 4 is 6.09 Å². The third-order valence-corrected chi connectivity index (χ3v) is 9.38. The Balaban J connectivity index is 1.23. The molecular formula is C30H48N4O5. The molecule has 0 radical (unpaired) electrons. The first kappa shape index (κ1) is 28.6. The zero-order valence-electron chi connectivity index (χ0n) is 24.8. The standard InChI is InChI=1S/C30H48N4O5/c1-19(2)8-9-24-29(5,39-24)27-26(36-7)23(10-12-30(27)18-37-30)38-28(35)32-25(20(3)4)22-14-31-34(17-22)16-21-11-13-33(6)15-21/h8,14,17,20-21,23-27H,9-13,15-16,18H2,1-7H3,(H,32,35)/t21-,23+,24+,25-,26+,27?,29-,30-/m0/s1. The van der Waals surface area contributed by atoms with Crippen molar-refractivity contribution < 1.29 is 23.7 Å². The van der Waals surface area contributed by atoms with E-state index in [1.54, 1.807) is 7.11 Å². The van der Waals surface area contributed by atoms with Crippen LogP contribution in [0.4, 0.5) is 4.79 Å². The Bertz CT molecular complexity index is 1050. The first-order valence-corrected chi connectivity index (χ1v) is 14.7. The SMILES string of the molecule is CO[C@H]1C([C@@]2(C)O[C@@H]2CC=C(C)C)[C@]2(CC[C@H]1OC(=O)N[C@H](c1cnn(C[C@H]3CCN(C)C3)c1)C(C)C)CO2. The number of hydrogen-bond donors (Lipinski definition) is 1. The average molecular weight is 545 g/mol. The fourth-order valence-corrected chi connectivity index (χ4v) is 7.08. The van der Waals surface area contributed by atoms with E-state index in [4.69, 9.17) is 18.9 Å². The van der Waals surface area contributed by atoms with E-state index < -0.39 is 6.09 Å². The Kier molecular flexibility index (Phi) is 8.17. The second kappa shape index (κ2) is 11.1. The molecule has 1 aliphatic carbocycles. The highest BCUT2D eigenvalue weighted by atomic mass is 16.6. The van der Waals surface area contributed by atoms with E-state index in [0.29, 0.717) is 18.9 Å². The first-order chi connectivity index (χ1) is 18.5. The third-order valence-electron chi connectivity index (χ3n) is 9.38. The summed E-state index contributed by atoms with van der Waals surface area (Å²) in [7, 11) is 3.87. The van der Waals surface area contributed by atoms with Crippen LogP contribution in [-0.4, -0.2) is 84.1 Å². The molecule has 39 heavy (non-hydrogen) atoms. The Hall–Kier alpha value is -1.94. The molecule has 0 aromatic carbocycles. The number of amides is 1. The van der Waals surface area contributed by atoms with Crippen molar-refractivity contribution in [3.05, 3.63) is 29.6 Å². The minimum Gasteiger partial charge on any atom is -0.443 e. The first-order valence-electron chi connectivity index (χ1n) is 14.7. The van der Waals surface area contributed by atoms with E-state index >= 15 is 0 Å². The average Bonchev–Trinajstić information content (AvgIpc) is 3.66. The molecule has 1 unspecified atom stereocenters. The van der Waals surface area contributed by atoms with Crippen molar-refractivity contribution in [3.8, 4) is 0 Å². The van der Waals surface area contributed by atoms with Crippen LogP contribution in [0.2, 0.25) is 0 Å². The number of methoxy groups -OCH3 is 1. The molecule has 4 heterocycles. The molecule has 4 fully saturated rings. The summed E-state index contributed by atoms with van der Waals surface area (Å²) in [5.41, 5.74) is 1.69. The van der Waals surface area contributed by atoms with E-state index in [0.717, 1.165) is 38.0 Å². The summed E-state index contributed by atoms with van der Waals surface area (Å²) in [6, 6.07) is -0.186. The van der Waals surface area contributed by atoms with Gasteiger partial charge in [0.05, 0.1) is 30.9 Å². The summed E-state index contributed by atoms with van der Waals surface area (Å²) in [4.78, 5) is 15.6. The summed E-state index contributed by atoms with van der Waals surface area (Å²) in [5.74, 6) is 0.801. The summed E-state index contributed by atoms with van der Waals surface area (Å²) in [6.45, 7) is 14.4. The van der Waals surface area contributed by atoms with E-state index in [1.807, 2.05) is 10.9 Å². The lowest BCUT2D eigenvalue weighted by Gasteiger charge is -2.42. The molecule has 1 aromatic rings. The van der Waals surface area contributed by atoms with Gasteiger partial charge in [0, 0.05) is 32.0 Å². The zero-order valence-corrected chi connectivity index (χ0v) is 24.8. The van der Waals surface area contributed by atoms with Gasteiger partial charge < -0.3 is 29.2 Å². The molecule has 9 nitrogen and oxygen atoms in total. The van der Waals surface area contributed by atoms with Gasteiger partial charge in [-0.25, -0.2) is 4.79 Å². The van der Waals surface area contributed by atoms with Crippen molar-refractivity contribution in [1.82, 2.24) is 20.0 Å². The number of nitrogens with zero attached hydrogens (tertiary/aromatic N) is 3. The number of epoxide rings is 2. The second-order valence-corrected chi connectivity index (χ2v) is 13.1. The number of nitrogens with one attached hydrogen (secondary N) is 1. The maximum atomic E-state index is 13.3. The number of aromatic nitrogens is 2. The summed E-state index contributed by atoms with van der Waals surface area (Å²) in [5, 5.41) is 7.75. The molecule has 9 heteroatoms. The number of carbonyl (C=O) groups is 1. The minimum absolute atomic E-state index is 0.00544. The van der Waals surface area contributed by atoms with Crippen LogP contribution in [0.5, 0.6) is 0 Å². The molecule has 1 aromatic heterocycles. The van der Waals surface area contributed by atoms with Gasteiger partial charge in [-0.15, -0.1) is 0 Å². The molecule has 1 spiro atoms. The van der Waals surface area contributed by atoms with Crippen molar-refractivity contribution in [2.45, 2.75) is 102 Å². The molecule has 8 atom stereocenters. The van der Waals surface area contributed by atoms with E-state index in [1.165, 1.54) is 12.0 Å². The molecular weight excluding hydrogens is 496 g/mol. The number of likely N-dealkylation sites (tertiary alicyclic amines) is 1. The van der Waals surface area contributed by atoms with Gasteiger partial charge in [0.1, 0.15) is 23.4 Å². The zero-order chi connectivity index (χ0) is 27.9. The Morgan fingerprint density at radius 3 is 2.72 bits per heavy atom. The molecule has 3 saturated heterocycles. The topological polar surface area (TPSA) is 93.7 Å². The quantitative estimate of drug-likeness (QED) is 0.346. The lowest BCUT2D eigenvalue weighted by Crippen LogP contribution is -2.56. The third kappa shape index (κ3) is 6.06. The summed E-state index contributed by atoms with van der Waals surface area (Å²) < 4.78 is 26.5. The van der Waals surface area contributed by atoms with Crippen LogP contribution in [0.3, 0.4) is 0 Å². The Labute approximate surface area is 233 Å².